The van der Waals surface area contributed by atoms with E-state index in [0.29, 0.717) is 23.9 Å². The second-order valence-corrected chi connectivity index (χ2v) is 6.82. The fourth-order valence-corrected chi connectivity index (χ4v) is 3.33. The van der Waals surface area contributed by atoms with Crippen LogP contribution >= 0.6 is 0 Å². The van der Waals surface area contributed by atoms with E-state index in [2.05, 4.69) is 15.0 Å². The van der Waals surface area contributed by atoms with Crippen molar-refractivity contribution in [3.8, 4) is 0 Å². The normalized spacial score (nSPS) is 17.4. The van der Waals surface area contributed by atoms with Gasteiger partial charge >= 0.3 is 0 Å². The highest BCUT2D eigenvalue weighted by Gasteiger charge is 2.20. The predicted octanol–water partition coefficient (Wildman–Crippen LogP) is 0.829. The van der Waals surface area contributed by atoms with Crippen molar-refractivity contribution in [2.45, 2.75) is 31.2 Å². The summed E-state index contributed by atoms with van der Waals surface area (Å²) in [5, 5.41) is 3.15. The number of sulfonamides is 1. The monoisotopic (exact) mass is 301 g/mol. The van der Waals surface area contributed by atoms with E-state index < -0.39 is 10.0 Å². The molecule has 0 spiro atoms. The summed E-state index contributed by atoms with van der Waals surface area (Å²) in [6, 6.07) is 1.68. The van der Waals surface area contributed by atoms with Crippen LogP contribution in [0.2, 0.25) is 0 Å². The molecule has 0 aliphatic carbocycles. The Balaban J connectivity index is 1.90. The first-order chi connectivity index (χ1) is 9.62. The molecule has 114 valence electrons. The molecule has 1 saturated heterocycles. The summed E-state index contributed by atoms with van der Waals surface area (Å²) in [6.07, 6.45) is 3.38. The molecule has 1 aromatic rings. The Bertz CT molecular complexity index is 507. The van der Waals surface area contributed by atoms with E-state index in [-0.39, 0.29) is 0 Å². The summed E-state index contributed by atoms with van der Waals surface area (Å²) in [4.78, 5) is 3.29. The van der Waals surface area contributed by atoms with Crippen molar-refractivity contribution in [2.24, 2.45) is 5.92 Å². The summed E-state index contributed by atoms with van der Waals surface area (Å²) < 4.78 is 32.3. The third-order valence-electron chi connectivity index (χ3n) is 3.49. The van der Waals surface area contributed by atoms with E-state index in [0.717, 1.165) is 38.3 Å². The lowest BCUT2D eigenvalue weighted by Gasteiger charge is -2.21. The van der Waals surface area contributed by atoms with Crippen molar-refractivity contribution in [3.63, 3.8) is 0 Å². The molecule has 0 radical (unpaired) electrons. The summed E-state index contributed by atoms with van der Waals surface area (Å²) >= 11 is 0. The molecule has 1 aliphatic heterocycles. The van der Waals surface area contributed by atoms with Gasteiger partial charge in [-0.05, 0) is 31.4 Å². The Morgan fingerprint density at radius 3 is 2.85 bits per heavy atom. The van der Waals surface area contributed by atoms with Crippen LogP contribution in [0.3, 0.4) is 0 Å². The molecule has 1 aromatic heterocycles. The van der Waals surface area contributed by atoms with E-state index in [9.17, 15) is 8.42 Å². The van der Waals surface area contributed by atoms with Crippen molar-refractivity contribution in [1.29, 1.82) is 0 Å². The molecule has 2 heterocycles. The van der Waals surface area contributed by atoms with Crippen molar-refractivity contribution in [2.75, 3.05) is 26.3 Å². The summed E-state index contributed by atoms with van der Waals surface area (Å²) in [6.45, 7) is 5.44. The SMILES string of the molecule is CCNCc1cc(S(=O)(=O)NCC2CCOCC2)c[nH]1. The van der Waals surface area contributed by atoms with Crippen LogP contribution in [-0.4, -0.2) is 39.7 Å². The molecular formula is C13H23N3O3S. The third kappa shape index (κ3) is 4.31. The zero-order valence-corrected chi connectivity index (χ0v) is 12.6. The Morgan fingerprint density at radius 1 is 1.40 bits per heavy atom. The minimum absolute atomic E-state index is 0.303. The van der Waals surface area contributed by atoms with E-state index in [4.69, 9.17) is 4.74 Å². The fraction of sp³-hybridized carbons (Fsp3) is 0.692. The van der Waals surface area contributed by atoms with Crippen molar-refractivity contribution >= 4 is 10.0 Å². The van der Waals surface area contributed by atoms with Crippen LogP contribution in [0.15, 0.2) is 17.2 Å². The molecule has 20 heavy (non-hydrogen) atoms. The molecule has 0 bridgehead atoms. The number of nitrogens with one attached hydrogen (secondary N) is 3. The minimum Gasteiger partial charge on any atom is -0.381 e. The Morgan fingerprint density at radius 2 is 2.15 bits per heavy atom. The quantitative estimate of drug-likeness (QED) is 0.696. The van der Waals surface area contributed by atoms with Crippen LogP contribution in [-0.2, 0) is 21.3 Å². The second kappa shape index (κ2) is 7.21. The van der Waals surface area contributed by atoms with Crippen molar-refractivity contribution in [1.82, 2.24) is 15.0 Å². The van der Waals surface area contributed by atoms with Gasteiger partial charge in [0.2, 0.25) is 10.0 Å². The van der Waals surface area contributed by atoms with Crippen LogP contribution in [0.25, 0.3) is 0 Å². The van der Waals surface area contributed by atoms with Gasteiger partial charge in [-0.3, -0.25) is 0 Å². The lowest BCUT2D eigenvalue weighted by Crippen LogP contribution is -2.32. The molecule has 2 rings (SSSR count). The van der Waals surface area contributed by atoms with Crippen LogP contribution < -0.4 is 10.0 Å². The molecule has 6 nitrogen and oxygen atoms in total. The van der Waals surface area contributed by atoms with Gasteiger partial charge in [-0.2, -0.15) is 0 Å². The molecule has 0 saturated carbocycles. The lowest BCUT2D eigenvalue weighted by atomic mass is 10.0. The van der Waals surface area contributed by atoms with Crippen molar-refractivity contribution in [3.05, 3.63) is 18.0 Å². The summed E-state index contributed by atoms with van der Waals surface area (Å²) in [5.74, 6) is 0.374. The van der Waals surface area contributed by atoms with Crippen LogP contribution in [0.4, 0.5) is 0 Å². The van der Waals surface area contributed by atoms with E-state index >= 15 is 0 Å². The van der Waals surface area contributed by atoms with Gasteiger partial charge in [0.25, 0.3) is 0 Å². The molecule has 7 heteroatoms. The van der Waals surface area contributed by atoms with Gasteiger partial charge < -0.3 is 15.0 Å². The first-order valence-electron chi connectivity index (χ1n) is 7.07. The van der Waals surface area contributed by atoms with Gasteiger partial charge in [0.05, 0.1) is 4.90 Å². The van der Waals surface area contributed by atoms with E-state index in [1.54, 1.807) is 12.3 Å². The fourth-order valence-electron chi connectivity index (χ4n) is 2.20. The minimum atomic E-state index is -3.41. The van der Waals surface area contributed by atoms with Gasteiger partial charge in [0.1, 0.15) is 0 Å². The summed E-state index contributed by atoms with van der Waals surface area (Å²) in [7, 11) is -3.41. The van der Waals surface area contributed by atoms with Gasteiger partial charge in [-0.25, -0.2) is 13.1 Å². The standard InChI is InChI=1S/C13H23N3O3S/c1-2-14-9-12-7-13(10-15-12)20(17,18)16-8-11-3-5-19-6-4-11/h7,10-11,14-16H,2-6,8-9H2,1H3. The molecular weight excluding hydrogens is 278 g/mol. The first kappa shape index (κ1) is 15.5. The molecule has 3 N–H and O–H groups in total. The average Bonchev–Trinajstić information content (AvgIpc) is 2.94. The Hall–Kier alpha value is -0.890. The lowest BCUT2D eigenvalue weighted by molar-refractivity contribution is 0.0678. The van der Waals surface area contributed by atoms with E-state index in [1.165, 1.54) is 0 Å². The Labute approximate surface area is 120 Å². The van der Waals surface area contributed by atoms with E-state index in [1.807, 2.05) is 6.92 Å². The number of aromatic amines is 1. The smallest absolute Gasteiger partial charge is 0.242 e. The number of hydrogen-bond acceptors (Lipinski definition) is 4. The number of ether oxygens (including phenoxy) is 1. The van der Waals surface area contributed by atoms with Crippen LogP contribution in [0.1, 0.15) is 25.5 Å². The highest BCUT2D eigenvalue weighted by Crippen LogP contribution is 2.15. The predicted molar refractivity (Wildman–Crippen MR) is 76.9 cm³/mol. The second-order valence-electron chi connectivity index (χ2n) is 5.05. The van der Waals surface area contributed by atoms with Gasteiger partial charge in [-0.15, -0.1) is 0 Å². The van der Waals surface area contributed by atoms with Gasteiger partial charge in [-0.1, -0.05) is 6.92 Å². The number of rotatable bonds is 7. The molecule has 0 aromatic carbocycles. The molecule has 1 aliphatic rings. The maximum atomic E-state index is 12.2. The summed E-state index contributed by atoms with van der Waals surface area (Å²) in [5.41, 5.74) is 0.873. The van der Waals surface area contributed by atoms with Crippen LogP contribution in [0, 0.1) is 5.92 Å². The third-order valence-corrected chi connectivity index (χ3v) is 4.90. The van der Waals surface area contributed by atoms with Crippen molar-refractivity contribution < 1.29 is 13.2 Å². The van der Waals surface area contributed by atoms with Gasteiger partial charge in [0.15, 0.2) is 0 Å². The molecule has 0 unspecified atom stereocenters. The number of aromatic nitrogens is 1. The maximum Gasteiger partial charge on any atom is 0.242 e. The number of H-pyrrole nitrogens is 1. The average molecular weight is 301 g/mol. The molecule has 1 fully saturated rings. The maximum absolute atomic E-state index is 12.2. The zero-order valence-electron chi connectivity index (χ0n) is 11.8. The topological polar surface area (TPSA) is 83.2 Å². The highest BCUT2D eigenvalue weighted by atomic mass is 32.2. The highest BCUT2D eigenvalue weighted by molar-refractivity contribution is 7.89. The Kier molecular flexibility index (Phi) is 5.59. The van der Waals surface area contributed by atoms with Gasteiger partial charge in [0, 0.05) is 38.2 Å². The first-order valence-corrected chi connectivity index (χ1v) is 8.55. The largest absolute Gasteiger partial charge is 0.381 e. The number of hydrogen-bond donors (Lipinski definition) is 3. The molecule has 0 atom stereocenters. The molecule has 0 amide bonds. The zero-order chi connectivity index (χ0) is 14.4. The van der Waals surface area contributed by atoms with Crippen LogP contribution in [0.5, 0.6) is 0 Å².